The Bertz CT molecular complexity index is 1480. The molecule has 1 aliphatic carbocycles. The molecule has 1 saturated carbocycles. The summed E-state index contributed by atoms with van der Waals surface area (Å²) in [5.41, 5.74) is 3.87. The molecule has 3 aromatic carbocycles. The van der Waals surface area contributed by atoms with E-state index in [1.807, 2.05) is 42.5 Å². The van der Waals surface area contributed by atoms with Gasteiger partial charge < -0.3 is 39.3 Å². The summed E-state index contributed by atoms with van der Waals surface area (Å²) in [6.07, 6.45) is -1.47. The van der Waals surface area contributed by atoms with Crippen LogP contribution in [0.5, 0.6) is 23.0 Å². The Morgan fingerprint density at radius 3 is 2.21 bits per heavy atom. The summed E-state index contributed by atoms with van der Waals surface area (Å²) in [5, 5.41) is 33.0. The minimum absolute atomic E-state index is 0.0807. The van der Waals surface area contributed by atoms with Crippen molar-refractivity contribution in [2.45, 2.75) is 29.1 Å². The van der Waals surface area contributed by atoms with Crippen LogP contribution in [0.15, 0.2) is 71.1 Å². The summed E-state index contributed by atoms with van der Waals surface area (Å²) in [6.45, 7) is 0. The van der Waals surface area contributed by atoms with Crippen molar-refractivity contribution in [1.82, 2.24) is 10.2 Å². The van der Waals surface area contributed by atoms with Gasteiger partial charge in [-0.2, -0.15) is 0 Å². The first-order chi connectivity index (χ1) is 18.4. The molecule has 1 aliphatic heterocycles. The lowest BCUT2D eigenvalue weighted by atomic mass is 9.70. The maximum atomic E-state index is 12.9. The van der Waals surface area contributed by atoms with E-state index in [2.05, 4.69) is 10.2 Å². The van der Waals surface area contributed by atoms with Gasteiger partial charge >= 0.3 is 6.01 Å². The molecule has 6 rings (SSSR count). The number of aliphatic hydroxyl groups is 2. The number of hydrogen-bond acceptors (Lipinski definition) is 10. The molecule has 5 atom stereocenters. The second kappa shape index (κ2) is 8.64. The maximum Gasteiger partial charge on any atom is 0.312 e. The van der Waals surface area contributed by atoms with Gasteiger partial charge in [0.25, 0.3) is 0 Å². The van der Waals surface area contributed by atoms with E-state index in [0.29, 0.717) is 34.1 Å². The Kier molecular flexibility index (Phi) is 5.48. The van der Waals surface area contributed by atoms with E-state index in [9.17, 15) is 10.2 Å². The van der Waals surface area contributed by atoms with Crippen LogP contribution in [0.1, 0.15) is 34.4 Å². The van der Waals surface area contributed by atoms with E-state index in [4.69, 9.17) is 29.1 Å². The fraction of sp³-hybridized carbons (Fsp3) is 0.286. The van der Waals surface area contributed by atoms with Gasteiger partial charge in [-0.05, 0) is 23.3 Å². The van der Waals surface area contributed by atoms with Gasteiger partial charge in [0, 0.05) is 18.1 Å². The molecule has 0 amide bonds. The molecule has 0 unspecified atom stereocenters. The first kappa shape index (κ1) is 24.1. The summed E-state index contributed by atoms with van der Waals surface area (Å²) < 4.78 is 29.0. The lowest BCUT2D eigenvalue weighted by Gasteiger charge is -2.40. The zero-order valence-electron chi connectivity index (χ0n) is 21.0. The maximum absolute atomic E-state index is 12.9. The smallest absolute Gasteiger partial charge is 0.312 e. The highest BCUT2D eigenvalue weighted by molar-refractivity contribution is 5.63. The predicted molar refractivity (Wildman–Crippen MR) is 135 cm³/mol. The standard InChI is InChI=1S/C28H27N3O7/c1-34-17-11-9-16(10-12-17)28-22(15-7-5-4-6-8-15)21(25-30-31-26(29)37-25)24(32)27(28,33)23-19(36-3)13-18(35-2)14-20(23)38-28/h4-14,21-22,24,32-33H,1-3H3,(H2,29,31)/t21-,22-,24-,27+,28+/m1/s1. The van der Waals surface area contributed by atoms with Crippen molar-refractivity contribution in [3.05, 3.63) is 89.3 Å². The molecular weight excluding hydrogens is 490 g/mol. The van der Waals surface area contributed by atoms with Crippen LogP contribution in [0.25, 0.3) is 0 Å². The summed E-state index contributed by atoms with van der Waals surface area (Å²) in [4.78, 5) is 0. The zero-order chi connectivity index (χ0) is 26.7. The number of aliphatic hydroxyl groups excluding tert-OH is 1. The molecule has 2 aliphatic rings. The molecule has 1 fully saturated rings. The van der Waals surface area contributed by atoms with Crippen LogP contribution in [-0.2, 0) is 11.2 Å². The number of nitrogens with zero attached hydrogens (tertiary/aromatic N) is 2. The third-order valence-corrected chi connectivity index (χ3v) is 7.70. The Balaban J connectivity index is 1.71. The fourth-order valence-electron chi connectivity index (χ4n) is 6.16. The van der Waals surface area contributed by atoms with Gasteiger partial charge in [-0.25, -0.2) is 0 Å². The van der Waals surface area contributed by atoms with Crippen LogP contribution in [-0.4, -0.2) is 47.8 Å². The Morgan fingerprint density at radius 1 is 0.895 bits per heavy atom. The van der Waals surface area contributed by atoms with Crippen molar-refractivity contribution >= 4 is 6.01 Å². The highest BCUT2D eigenvalue weighted by Crippen LogP contribution is 2.72. The summed E-state index contributed by atoms with van der Waals surface area (Å²) in [5.74, 6) is 0.198. The first-order valence-electron chi connectivity index (χ1n) is 12.0. The number of fused-ring (bicyclic) bond motifs is 3. The van der Waals surface area contributed by atoms with E-state index in [-0.39, 0.29) is 11.9 Å². The second-order valence-electron chi connectivity index (χ2n) is 9.37. The summed E-state index contributed by atoms with van der Waals surface area (Å²) >= 11 is 0. The third-order valence-electron chi connectivity index (χ3n) is 7.70. The van der Waals surface area contributed by atoms with E-state index >= 15 is 0 Å². The highest BCUT2D eigenvalue weighted by atomic mass is 16.5. The van der Waals surface area contributed by atoms with Gasteiger partial charge in [-0.1, -0.05) is 47.6 Å². The lowest BCUT2D eigenvalue weighted by Crippen LogP contribution is -2.52. The number of nitrogen functional groups attached to an aromatic ring is 1. The number of benzene rings is 3. The molecule has 2 heterocycles. The van der Waals surface area contributed by atoms with E-state index in [1.54, 1.807) is 31.4 Å². The van der Waals surface area contributed by atoms with Gasteiger partial charge in [0.15, 0.2) is 11.2 Å². The van der Waals surface area contributed by atoms with Gasteiger partial charge in [0.1, 0.15) is 29.1 Å². The minimum atomic E-state index is -2.02. The topological polar surface area (TPSA) is 142 Å². The zero-order valence-corrected chi connectivity index (χ0v) is 21.0. The van der Waals surface area contributed by atoms with Crippen molar-refractivity contribution in [3.63, 3.8) is 0 Å². The number of hydrogen-bond donors (Lipinski definition) is 3. The Morgan fingerprint density at radius 2 is 1.61 bits per heavy atom. The Hall–Kier alpha value is -4.28. The second-order valence-corrected chi connectivity index (χ2v) is 9.37. The van der Waals surface area contributed by atoms with Crippen molar-refractivity contribution in [2.75, 3.05) is 27.1 Å². The molecule has 10 nitrogen and oxygen atoms in total. The number of aromatic nitrogens is 2. The van der Waals surface area contributed by atoms with Crippen LogP contribution in [0, 0.1) is 0 Å². The molecule has 4 N–H and O–H groups in total. The van der Waals surface area contributed by atoms with E-state index < -0.39 is 29.1 Å². The Labute approximate surface area is 218 Å². The van der Waals surface area contributed by atoms with Crippen LogP contribution in [0.3, 0.4) is 0 Å². The third kappa shape index (κ3) is 3.07. The number of nitrogens with two attached hydrogens (primary N) is 1. The number of anilines is 1. The van der Waals surface area contributed by atoms with E-state index in [0.717, 1.165) is 5.56 Å². The molecule has 0 bridgehead atoms. The molecule has 38 heavy (non-hydrogen) atoms. The molecule has 4 aromatic rings. The number of ether oxygens (including phenoxy) is 4. The molecule has 0 saturated heterocycles. The van der Waals surface area contributed by atoms with Crippen molar-refractivity contribution < 1.29 is 33.6 Å². The van der Waals surface area contributed by atoms with Gasteiger partial charge in [0.2, 0.25) is 5.89 Å². The monoisotopic (exact) mass is 517 g/mol. The average Bonchev–Trinajstić information content (AvgIpc) is 3.55. The summed E-state index contributed by atoms with van der Waals surface area (Å²) in [6, 6.07) is 19.8. The minimum Gasteiger partial charge on any atom is -0.497 e. The summed E-state index contributed by atoms with van der Waals surface area (Å²) in [7, 11) is 4.59. The van der Waals surface area contributed by atoms with Crippen molar-refractivity contribution in [1.29, 1.82) is 0 Å². The highest BCUT2D eigenvalue weighted by Gasteiger charge is 2.78. The largest absolute Gasteiger partial charge is 0.497 e. The molecule has 1 aromatic heterocycles. The quantitative estimate of drug-likeness (QED) is 0.349. The molecule has 0 radical (unpaired) electrons. The van der Waals surface area contributed by atoms with Crippen LogP contribution in [0.2, 0.25) is 0 Å². The van der Waals surface area contributed by atoms with Gasteiger partial charge in [0.05, 0.1) is 32.8 Å². The SMILES string of the molecule is COc1ccc([C@@]23Oc4cc(OC)cc(OC)c4[C@]2(O)[C@H](O)[C@H](c2nnc(N)o2)[C@H]3c2ccccc2)cc1. The van der Waals surface area contributed by atoms with Crippen LogP contribution >= 0.6 is 0 Å². The predicted octanol–water partition coefficient (Wildman–Crippen LogP) is 3.10. The first-order valence-corrected chi connectivity index (χ1v) is 12.0. The van der Waals surface area contributed by atoms with E-state index in [1.165, 1.54) is 14.2 Å². The molecule has 10 heteroatoms. The van der Waals surface area contributed by atoms with Crippen molar-refractivity contribution in [3.8, 4) is 23.0 Å². The van der Waals surface area contributed by atoms with Crippen molar-refractivity contribution in [2.24, 2.45) is 0 Å². The van der Waals surface area contributed by atoms with Crippen LogP contribution in [0.4, 0.5) is 6.01 Å². The average molecular weight is 518 g/mol. The molecule has 0 spiro atoms. The van der Waals surface area contributed by atoms with Crippen LogP contribution < -0.4 is 24.7 Å². The number of rotatable bonds is 6. The van der Waals surface area contributed by atoms with Gasteiger partial charge in [-0.15, -0.1) is 5.10 Å². The molecular formula is C28H27N3O7. The lowest BCUT2D eigenvalue weighted by molar-refractivity contribution is -0.151. The normalized spacial score (nSPS) is 27.3. The fourth-order valence-corrected chi connectivity index (χ4v) is 6.16. The number of methoxy groups -OCH3 is 3. The molecule has 196 valence electrons. The van der Waals surface area contributed by atoms with Gasteiger partial charge in [-0.3, -0.25) is 0 Å².